The van der Waals surface area contributed by atoms with Crippen LogP contribution < -0.4 is 5.73 Å². The van der Waals surface area contributed by atoms with Crippen LogP contribution in [-0.2, 0) is 0 Å². The molecule has 17 heavy (non-hydrogen) atoms. The molecule has 2 rings (SSSR count). The van der Waals surface area contributed by atoms with E-state index in [1.807, 2.05) is 11.9 Å². The van der Waals surface area contributed by atoms with Gasteiger partial charge in [-0.15, -0.1) is 0 Å². The fraction of sp³-hybridized carbons (Fsp3) is 0.462. The van der Waals surface area contributed by atoms with Crippen molar-refractivity contribution in [3.63, 3.8) is 0 Å². The van der Waals surface area contributed by atoms with Crippen LogP contribution in [0.3, 0.4) is 0 Å². The molecule has 0 spiro atoms. The Bertz CT molecular complexity index is 427. The van der Waals surface area contributed by atoms with Crippen molar-refractivity contribution in [2.45, 2.75) is 31.7 Å². The van der Waals surface area contributed by atoms with E-state index in [1.54, 1.807) is 18.2 Å². The minimum Gasteiger partial charge on any atom is -0.398 e. The van der Waals surface area contributed by atoms with Crippen LogP contribution in [0.25, 0.3) is 0 Å². The standard InChI is InChI=1S/C13H17ClN2O/c1-16(10-4-2-3-5-10)13(17)9-6-7-12(15)11(14)8-9/h6-8,10H,2-5,15H2,1H3. The number of carbonyl (C=O) groups is 1. The van der Waals surface area contributed by atoms with Crippen molar-refractivity contribution >= 4 is 23.2 Å². The number of nitrogens with two attached hydrogens (primary N) is 1. The summed E-state index contributed by atoms with van der Waals surface area (Å²) < 4.78 is 0. The van der Waals surface area contributed by atoms with Gasteiger partial charge >= 0.3 is 0 Å². The van der Waals surface area contributed by atoms with Crippen LogP contribution in [0.15, 0.2) is 18.2 Å². The molecule has 3 nitrogen and oxygen atoms in total. The fourth-order valence-corrected chi connectivity index (χ4v) is 2.50. The Morgan fingerprint density at radius 2 is 2.06 bits per heavy atom. The summed E-state index contributed by atoms with van der Waals surface area (Å²) in [6.07, 6.45) is 4.63. The summed E-state index contributed by atoms with van der Waals surface area (Å²) in [6, 6.07) is 5.43. The molecule has 1 aromatic rings. The lowest BCUT2D eigenvalue weighted by Crippen LogP contribution is -2.35. The molecule has 0 heterocycles. The number of halogens is 1. The van der Waals surface area contributed by atoms with Gasteiger partial charge in [-0.05, 0) is 31.0 Å². The Morgan fingerprint density at radius 3 is 2.65 bits per heavy atom. The molecular formula is C13H17ClN2O. The molecule has 4 heteroatoms. The van der Waals surface area contributed by atoms with Gasteiger partial charge in [-0.3, -0.25) is 4.79 Å². The molecule has 1 fully saturated rings. The van der Waals surface area contributed by atoms with Gasteiger partial charge in [0.2, 0.25) is 0 Å². The monoisotopic (exact) mass is 252 g/mol. The predicted octanol–water partition coefficient (Wildman–Crippen LogP) is 2.94. The molecule has 0 atom stereocenters. The van der Waals surface area contributed by atoms with E-state index in [0.717, 1.165) is 12.8 Å². The van der Waals surface area contributed by atoms with Gasteiger partial charge in [0.15, 0.2) is 0 Å². The second-order valence-electron chi connectivity index (χ2n) is 4.59. The Hall–Kier alpha value is -1.22. The third kappa shape index (κ3) is 2.55. The van der Waals surface area contributed by atoms with E-state index in [1.165, 1.54) is 12.8 Å². The van der Waals surface area contributed by atoms with Crippen molar-refractivity contribution in [3.8, 4) is 0 Å². The number of nitrogen functional groups attached to an aromatic ring is 1. The zero-order chi connectivity index (χ0) is 12.4. The van der Waals surface area contributed by atoms with Crippen molar-refractivity contribution in [1.29, 1.82) is 0 Å². The molecule has 0 radical (unpaired) electrons. The van der Waals surface area contributed by atoms with Crippen molar-refractivity contribution < 1.29 is 4.79 Å². The molecular weight excluding hydrogens is 236 g/mol. The lowest BCUT2D eigenvalue weighted by molar-refractivity contribution is 0.0735. The lowest BCUT2D eigenvalue weighted by atomic mass is 10.1. The summed E-state index contributed by atoms with van der Waals surface area (Å²) in [6.45, 7) is 0. The smallest absolute Gasteiger partial charge is 0.253 e. The van der Waals surface area contributed by atoms with Gasteiger partial charge in [-0.1, -0.05) is 24.4 Å². The highest BCUT2D eigenvalue weighted by atomic mass is 35.5. The van der Waals surface area contributed by atoms with Crippen molar-refractivity contribution in [2.75, 3.05) is 12.8 Å². The van der Waals surface area contributed by atoms with E-state index in [4.69, 9.17) is 17.3 Å². The van der Waals surface area contributed by atoms with E-state index in [2.05, 4.69) is 0 Å². The molecule has 2 N–H and O–H groups in total. The Kier molecular flexibility index (Phi) is 3.57. The first-order chi connectivity index (χ1) is 8.09. The normalized spacial score (nSPS) is 16.1. The van der Waals surface area contributed by atoms with Crippen LogP contribution >= 0.6 is 11.6 Å². The van der Waals surface area contributed by atoms with Crippen LogP contribution in [0.1, 0.15) is 36.0 Å². The number of anilines is 1. The summed E-state index contributed by atoms with van der Waals surface area (Å²) in [5, 5.41) is 0.440. The van der Waals surface area contributed by atoms with Gasteiger partial charge in [0.25, 0.3) is 5.91 Å². The van der Waals surface area contributed by atoms with E-state index in [-0.39, 0.29) is 5.91 Å². The first kappa shape index (κ1) is 12.2. The molecule has 1 amide bonds. The van der Waals surface area contributed by atoms with E-state index >= 15 is 0 Å². The van der Waals surface area contributed by atoms with Crippen LogP contribution in [0.4, 0.5) is 5.69 Å². The Balaban J connectivity index is 2.15. The number of benzene rings is 1. The zero-order valence-electron chi connectivity index (χ0n) is 9.95. The van der Waals surface area contributed by atoms with Crippen molar-refractivity contribution in [3.05, 3.63) is 28.8 Å². The number of nitrogens with zero attached hydrogens (tertiary/aromatic N) is 1. The highest BCUT2D eigenvalue weighted by Gasteiger charge is 2.24. The Morgan fingerprint density at radius 1 is 1.41 bits per heavy atom. The van der Waals surface area contributed by atoms with Gasteiger partial charge in [-0.25, -0.2) is 0 Å². The molecule has 1 aliphatic carbocycles. The van der Waals surface area contributed by atoms with Gasteiger partial charge in [0.1, 0.15) is 0 Å². The highest BCUT2D eigenvalue weighted by Crippen LogP contribution is 2.25. The van der Waals surface area contributed by atoms with Crippen LogP contribution in [0.2, 0.25) is 5.02 Å². The highest BCUT2D eigenvalue weighted by molar-refractivity contribution is 6.33. The molecule has 0 saturated heterocycles. The van der Waals surface area contributed by atoms with Crippen LogP contribution in [-0.4, -0.2) is 23.9 Å². The summed E-state index contributed by atoms with van der Waals surface area (Å²) in [4.78, 5) is 14.0. The number of amides is 1. The summed E-state index contributed by atoms with van der Waals surface area (Å²) >= 11 is 5.93. The molecule has 0 aliphatic heterocycles. The number of hydrogen-bond acceptors (Lipinski definition) is 2. The van der Waals surface area contributed by atoms with Gasteiger partial charge in [0, 0.05) is 18.7 Å². The van der Waals surface area contributed by atoms with Crippen LogP contribution in [0.5, 0.6) is 0 Å². The molecule has 1 aromatic carbocycles. The van der Waals surface area contributed by atoms with E-state index in [0.29, 0.717) is 22.3 Å². The maximum absolute atomic E-state index is 12.2. The van der Waals surface area contributed by atoms with Gasteiger partial charge in [-0.2, -0.15) is 0 Å². The summed E-state index contributed by atoms with van der Waals surface area (Å²) in [5.41, 5.74) is 6.75. The summed E-state index contributed by atoms with van der Waals surface area (Å²) in [7, 11) is 1.86. The Labute approximate surface area is 107 Å². The molecule has 0 aromatic heterocycles. The predicted molar refractivity (Wildman–Crippen MR) is 70.2 cm³/mol. The van der Waals surface area contributed by atoms with Crippen molar-refractivity contribution in [1.82, 2.24) is 4.90 Å². The largest absolute Gasteiger partial charge is 0.398 e. The van der Waals surface area contributed by atoms with E-state index in [9.17, 15) is 4.79 Å². The quantitative estimate of drug-likeness (QED) is 0.823. The minimum atomic E-state index is 0.0267. The first-order valence-electron chi connectivity index (χ1n) is 5.92. The number of hydrogen-bond donors (Lipinski definition) is 1. The summed E-state index contributed by atoms with van der Waals surface area (Å²) in [5.74, 6) is 0.0267. The van der Waals surface area contributed by atoms with Gasteiger partial charge < -0.3 is 10.6 Å². The maximum Gasteiger partial charge on any atom is 0.253 e. The third-order valence-corrected chi connectivity index (χ3v) is 3.77. The molecule has 1 saturated carbocycles. The molecule has 92 valence electrons. The topological polar surface area (TPSA) is 46.3 Å². The van der Waals surface area contributed by atoms with E-state index < -0.39 is 0 Å². The minimum absolute atomic E-state index is 0.0267. The van der Waals surface area contributed by atoms with Crippen molar-refractivity contribution in [2.24, 2.45) is 0 Å². The zero-order valence-corrected chi connectivity index (χ0v) is 10.7. The first-order valence-corrected chi connectivity index (χ1v) is 6.29. The SMILES string of the molecule is CN(C(=O)c1ccc(N)c(Cl)c1)C1CCCC1. The maximum atomic E-state index is 12.2. The number of rotatable bonds is 2. The van der Waals surface area contributed by atoms with Crippen LogP contribution in [0, 0.1) is 0 Å². The average molecular weight is 253 g/mol. The molecule has 0 unspecified atom stereocenters. The fourth-order valence-electron chi connectivity index (χ4n) is 2.32. The molecule has 0 bridgehead atoms. The third-order valence-electron chi connectivity index (χ3n) is 3.44. The lowest BCUT2D eigenvalue weighted by Gasteiger charge is -2.24. The van der Waals surface area contributed by atoms with Gasteiger partial charge in [0.05, 0.1) is 10.7 Å². The average Bonchev–Trinajstić information content (AvgIpc) is 2.84. The molecule has 1 aliphatic rings. The number of carbonyl (C=O) groups excluding carboxylic acids is 1. The second-order valence-corrected chi connectivity index (χ2v) is 5.00. The second kappa shape index (κ2) is 4.96.